The van der Waals surface area contributed by atoms with E-state index in [0.29, 0.717) is 31.3 Å². The van der Waals surface area contributed by atoms with E-state index < -0.39 is 0 Å². The zero-order valence-electron chi connectivity index (χ0n) is 17.0. The van der Waals surface area contributed by atoms with E-state index in [0.717, 1.165) is 49.8 Å². The highest BCUT2D eigenvalue weighted by molar-refractivity contribution is 5.76. The lowest BCUT2D eigenvalue weighted by Crippen LogP contribution is -2.49. The fraction of sp³-hybridized carbons (Fsp3) is 0.522. The lowest BCUT2D eigenvalue weighted by molar-refractivity contribution is -0.121. The van der Waals surface area contributed by atoms with Crippen molar-refractivity contribution in [2.24, 2.45) is 5.92 Å². The number of rotatable bonds is 9. The number of carbonyl (C=O) groups excluding carboxylic acids is 1. The number of amides is 1. The standard InChI is InChI=1S/C23H32N2O3/c1-18(2)16-20(25-12-14-27-15-13-25)17-24-23(26)11-9-21-8-10-22(28-21)19-6-4-3-5-7-19/h3-8,10,18,20H,9,11-17H2,1-2H3,(H,24,26). The van der Waals surface area contributed by atoms with Crippen LogP contribution in [0.4, 0.5) is 0 Å². The zero-order chi connectivity index (χ0) is 19.8. The van der Waals surface area contributed by atoms with Gasteiger partial charge in [-0.05, 0) is 24.5 Å². The summed E-state index contributed by atoms with van der Waals surface area (Å²) in [6.45, 7) is 8.62. The SMILES string of the molecule is CC(C)CC(CNC(=O)CCc1ccc(-c2ccccc2)o1)N1CCOCC1. The molecule has 1 saturated heterocycles. The highest BCUT2D eigenvalue weighted by atomic mass is 16.5. The summed E-state index contributed by atoms with van der Waals surface area (Å²) in [6.07, 6.45) is 2.14. The third-order valence-corrected chi connectivity index (χ3v) is 5.16. The first kappa shape index (κ1) is 20.6. The predicted octanol–water partition coefficient (Wildman–Crippen LogP) is 3.74. The summed E-state index contributed by atoms with van der Waals surface area (Å²) in [4.78, 5) is 14.8. The van der Waals surface area contributed by atoms with Crippen molar-refractivity contribution < 1.29 is 13.9 Å². The molecule has 1 unspecified atom stereocenters. The lowest BCUT2D eigenvalue weighted by Gasteiger charge is -2.35. The van der Waals surface area contributed by atoms with E-state index >= 15 is 0 Å². The first-order valence-electron chi connectivity index (χ1n) is 10.3. The van der Waals surface area contributed by atoms with Gasteiger partial charge in [0.25, 0.3) is 0 Å². The van der Waals surface area contributed by atoms with Gasteiger partial charge in [-0.3, -0.25) is 9.69 Å². The number of benzene rings is 1. The molecule has 152 valence electrons. The van der Waals surface area contributed by atoms with Crippen LogP contribution in [0.25, 0.3) is 11.3 Å². The molecule has 0 spiro atoms. The largest absolute Gasteiger partial charge is 0.461 e. The van der Waals surface area contributed by atoms with E-state index in [2.05, 4.69) is 24.1 Å². The van der Waals surface area contributed by atoms with Crippen LogP contribution in [0.15, 0.2) is 46.9 Å². The highest BCUT2D eigenvalue weighted by Gasteiger charge is 2.22. The molecule has 0 saturated carbocycles. The first-order valence-corrected chi connectivity index (χ1v) is 10.3. The molecule has 1 amide bonds. The van der Waals surface area contributed by atoms with Crippen LogP contribution in [0, 0.1) is 5.92 Å². The van der Waals surface area contributed by atoms with E-state index in [4.69, 9.17) is 9.15 Å². The molecule has 3 rings (SSSR count). The second kappa shape index (κ2) is 10.4. The van der Waals surface area contributed by atoms with Crippen molar-refractivity contribution in [1.29, 1.82) is 0 Å². The molecule has 0 radical (unpaired) electrons. The molecule has 5 nitrogen and oxygen atoms in total. The Morgan fingerprint density at radius 1 is 1.11 bits per heavy atom. The van der Waals surface area contributed by atoms with E-state index in [1.165, 1.54) is 0 Å². The van der Waals surface area contributed by atoms with Crippen LogP contribution >= 0.6 is 0 Å². The van der Waals surface area contributed by atoms with Crippen LogP contribution in [0.2, 0.25) is 0 Å². The van der Waals surface area contributed by atoms with Crippen molar-refractivity contribution >= 4 is 5.91 Å². The van der Waals surface area contributed by atoms with Crippen molar-refractivity contribution in [3.8, 4) is 11.3 Å². The summed E-state index contributed by atoms with van der Waals surface area (Å²) < 4.78 is 11.4. The monoisotopic (exact) mass is 384 g/mol. The fourth-order valence-electron chi connectivity index (χ4n) is 3.67. The number of ether oxygens (including phenoxy) is 1. The molecule has 0 aliphatic carbocycles. The van der Waals surface area contributed by atoms with E-state index in [1.54, 1.807) is 0 Å². The molecule has 1 aromatic carbocycles. The van der Waals surface area contributed by atoms with Crippen molar-refractivity contribution in [3.63, 3.8) is 0 Å². The Kier molecular flexibility index (Phi) is 7.69. The van der Waals surface area contributed by atoms with Crippen molar-refractivity contribution in [1.82, 2.24) is 10.2 Å². The Morgan fingerprint density at radius 2 is 1.86 bits per heavy atom. The third-order valence-electron chi connectivity index (χ3n) is 5.16. The maximum Gasteiger partial charge on any atom is 0.220 e. The Bertz CT molecular complexity index is 720. The van der Waals surface area contributed by atoms with Gasteiger partial charge in [0.15, 0.2) is 0 Å². The highest BCUT2D eigenvalue weighted by Crippen LogP contribution is 2.22. The second-order valence-electron chi connectivity index (χ2n) is 7.87. The van der Waals surface area contributed by atoms with Gasteiger partial charge in [0.2, 0.25) is 5.91 Å². The molecule has 5 heteroatoms. The summed E-state index contributed by atoms with van der Waals surface area (Å²) in [5.74, 6) is 2.38. The predicted molar refractivity (Wildman–Crippen MR) is 111 cm³/mol. The molecule has 1 aromatic heterocycles. The normalized spacial score (nSPS) is 16.2. The minimum Gasteiger partial charge on any atom is -0.461 e. The maximum atomic E-state index is 12.4. The Balaban J connectivity index is 1.46. The minimum atomic E-state index is 0.0830. The molecule has 28 heavy (non-hydrogen) atoms. The molecule has 1 aliphatic rings. The van der Waals surface area contributed by atoms with Crippen molar-refractivity contribution in [2.75, 3.05) is 32.8 Å². The van der Waals surface area contributed by atoms with E-state index in [9.17, 15) is 4.79 Å². The average Bonchev–Trinajstić information content (AvgIpc) is 3.20. The second-order valence-corrected chi connectivity index (χ2v) is 7.87. The Labute approximate surface area is 168 Å². The smallest absolute Gasteiger partial charge is 0.220 e. The van der Waals surface area contributed by atoms with Gasteiger partial charge in [-0.15, -0.1) is 0 Å². The number of hydrogen-bond acceptors (Lipinski definition) is 4. The van der Waals surface area contributed by atoms with E-state index in [1.807, 2.05) is 42.5 Å². The lowest BCUT2D eigenvalue weighted by atomic mass is 10.0. The van der Waals surface area contributed by atoms with Gasteiger partial charge >= 0.3 is 0 Å². The van der Waals surface area contributed by atoms with Crippen LogP contribution in [0.3, 0.4) is 0 Å². The zero-order valence-corrected chi connectivity index (χ0v) is 17.0. The van der Waals surface area contributed by atoms with Crippen LogP contribution in [0.1, 0.15) is 32.4 Å². The van der Waals surface area contributed by atoms with Crippen molar-refractivity contribution in [2.45, 2.75) is 39.2 Å². The number of furan rings is 1. The maximum absolute atomic E-state index is 12.4. The molecular formula is C23H32N2O3. The topological polar surface area (TPSA) is 54.7 Å². The Morgan fingerprint density at radius 3 is 2.57 bits per heavy atom. The minimum absolute atomic E-state index is 0.0830. The van der Waals surface area contributed by atoms with Gasteiger partial charge in [0.1, 0.15) is 11.5 Å². The fourth-order valence-corrected chi connectivity index (χ4v) is 3.67. The summed E-state index contributed by atoms with van der Waals surface area (Å²) in [5, 5.41) is 3.13. The van der Waals surface area contributed by atoms with Crippen LogP contribution < -0.4 is 5.32 Å². The third kappa shape index (κ3) is 6.21. The van der Waals surface area contributed by atoms with Gasteiger partial charge in [-0.1, -0.05) is 44.2 Å². The van der Waals surface area contributed by atoms with Gasteiger partial charge < -0.3 is 14.5 Å². The molecular weight excluding hydrogens is 352 g/mol. The number of carbonyl (C=O) groups is 1. The molecule has 2 heterocycles. The average molecular weight is 385 g/mol. The first-order chi connectivity index (χ1) is 13.6. The number of aryl methyl sites for hydroxylation is 1. The van der Waals surface area contributed by atoms with Gasteiger partial charge in [0, 0.05) is 44.1 Å². The summed E-state index contributed by atoms with van der Waals surface area (Å²) in [5.41, 5.74) is 1.06. The number of hydrogen-bond donors (Lipinski definition) is 1. The van der Waals surface area contributed by atoms with Crippen LogP contribution in [-0.2, 0) is 16.0 Å². The van der Waals surface area contributed by atoms with Crippen molar-refractivity contribution in [3.05, 3.63) is 48.2 Å². The molecule has 1 atom stereocenters. The molecule has 1 fully saturated rings. The summed E-state index contributed by atoms with van der Waals surface area (Å²) >= 11 is 0. The van der Waals surface area contributed by atoms with Gasteiger partial charge in [-0.25, -0.2) is 0 Å². The van der Waals surface area contributed by atoms with E-state index in [-0.39, 0.29) is 5.91 Å². The number of nitrogens with one attached hydrogen (secondary N) is 1. The van der Waals surface area contributed by atoms with Crippen LogP contribution in [-0.4, -0.2) is 49.7 Å². The van der Waals surface area contributed by atoms with Gasteiger partial charge in [-0.2, -0.15) is 0 Å². The van der Waals surface area contributed by atoms with Crippen LogP contribution in [0.5, 0.6) is 0 Å². The quantitative estimate of drug-likeness (QED) is 0.716. The summed E-state index contributed by atoms with van der Waals surface area (Å²) in [6, 6.07) is 14.3. The Hall–Kier alpha value is -2.11. The number of morpholine rings is 1. The number of nitrogens with zero attached hydrogens (tertiary/aromatic N) is 1. The molecule has 2 aromatic rings. The van der Waals surface area contributed by atoms with Gasteiger partial charge in [0.05, 0.1) is 13.2 Å². The molecule has 1 aliphatic heterocycles. The molecule has 1 N–H and O–H groups in total. The molecule has 0 bridgehead atoms. The summed E-state index contributed by atoms with van der Waals surface area (Å²) in [7, 11) is 0.